The van der Waals surface area contributed by atoms with Gasteiger partial charge in [0.25, 0.3) is 0 Å². The normalized spacial score (nSPS) is 18.1. The van der Waals surface area contributed by atoms with Crippen molar-refractivity contribution in [1.82, 2.24) is 9.88 Å². The number of benzene rings is 2. The van der Waals surface area contributed by atoms with Crippen molar-refractivity contribution < 1.29 is 4.42 Å². The minimum Gasteiger partial charge on any atom is -0.440 e. The molecule has 1 fully saturated rings. The van der Waals surface area contributed by atoms with Gasteiger partial charge in [0.15, 0.2) is 11.5 Å². The van der Waals surface area contributed by atoms with Gasteiger partial charge < -0.3 is 9.32 Å². The van der Waals surface area contributed by atoms with Crippen molar-refractivity contribution >= 4 is 28.4 Å². The van der Waals surface area contributed by atoms with Crippen LogP contribution in [0.25, 0.3) is 11.1 Å². The van der Waals surface area contributed by atoms with Crippen LogP contribution in [0.15, 0.2) is 46.9 Å². The van der Waals surface area contributed by atoms with Crippen molar-refractivity contribution in [1.29, 1.82) is 0 Å². The number of halogens is 1. The zero-order chi connectivity index (χ0) is 17.4. The maximum absolute atomic E-state index is 6.04. The molecule has 0 saturated carbocycles. The fourth-order valence-electron chi connectivity index (χ4n) is 3.43. The Bertz CT molecular complexity index is 872. The van der Waals surface area contributed by atoms with Crippen molar-refractivity contribution in [2.24, 2.45) is 0 Å². The summed E-state index contributed by atoms with van der Waals surface area (Å²) in [6.45, 7) is 3.02. The third-order valence-electron chi connectivity index (χ3n) is 4.85. The van der Waals surface area contributed by atoms with E-state index >= 15 is 0 Å². The molecule has 2 heterocycles. The molecule has 0 radical (unpaired) electrons. The van der Waals surface area contributed by atoms with Gasteiger partial charge in [-0.1, -0.05) is 23.7 Å². The lowest BCUT2D eigenvalue weighted by Crippen LogP contribution is -2.19. The smallest absolute Gasteiger partial charge is 0.199 e. The Morgan fingerprint density at radius 1 is 1.20 bits per heavy atom. The minimum absolute atomic E-state index is 0.354. The second-order valence-electron chi connectivity index (χ2n) is 6.95. The summed E-state index contributed by atoms with van der Waals surface area (Å²) in [5.74, 6) is 1.19. The summed E-state index contributed by atoms with van der Waals surface area (Å²) in [4.78, 5) is 9.23. The van der Waals surface area contributed by atoms with Gasteiger partial charge in [0, 0.05) is 43.8 Å². The predicted octanol–water partition coefficient (Wildman–Crippen LogP) is 4.54. The summed E-state index contributed by atoms with van der Waals surface area (Å²) in [5, 5.41) is 0.696. The fourth-order valence-corrected chi connectivity index (χ4v) is 3.59. The SMILES string of the molecule is CN(C)c1ccc(CN2CC[C@H](c3nc4cc(Cl)ccc4o3)C2)cc1. The molecule has 130 valence electrons. The lowest BCUT2D eigenvalue weighted by molar-refractivity contribution is 0.321. The molecule has 1 aromatic heterocycles. The number of likely N-dealkylation sites (tertiary alicyclic amines) is 1. The van der Waals surface area contributed by atoms with Crippen molar-refractivity contribution in [2.75, 3.05) is 32.1 Å². The van der Waals surface area contributed by atoms with E-state index in [1.807, 2.05) is 18.2 Å². The van der Waals surface area contributed by atoms with Crippen LogP contribution in [0.2, 0.25) is 5.02 Å². The number of nitrogens with zero attached hydrogens (tertiary/aromatic N) is 3. The van der Waals surface area contributed by atoms with Crippen LogP contribution in [0.4, 0.5) is 5.69 Å². The molecule has 0 bridgehead atoms. The van der Waals surface area contributed by atoms with Gasteiger partial charge in [0.2, 0.25) is 0 Å². The molecule has 3 aromatic rings. The Kier molecular flexibility index (Phi) is 4.40. The van der Waals surface area contributed by atoms with Crippen LogP contribution in [-0.2, 0) is 6.54 Å². The average Bonchev–Trinajstić information content (AvgIpc) is 3.21. The number of oxazole rings is 1. The largest absolute Gasteiger partial charge is 0.440 e. The van der Waals surface area contributed by atoms with Gasteiger partial charge in [0.05, 0.1) is 0 Å². The van der Waals surface area contributed by atoms with Gasteiger partial charge in [-0.2, -0.15) is 0 Å². The molecule has 2 aromatic carbocycles. The van der Waals surface area contributed by atoms with Crippen LogP contribution in [-0.4, -0.2) is 37.1 Å². The van der Waals surface area contributed by atoms with Gasteiger partial charge in [-0.25, -0.2) is 4.98 Å². The molecule has 0 aliphatic carbocycles. The van der Waals surface area contributed by atoms with Gasteiger partial charge >= 0.3 is 0 Å². The monoisotopic (exact) mass is 355 g/mol. The highest BCUT2D eigenvalue weighted by atomic mass is 35.5. The van der Waals surface area contributed by atoms with E-state index in [9.17, 15) is 0 Å². The lowest BCUT2D eigenvalue weighted by Gasteiger charge is -2.17. The van der Waals surface area contributed by atoms with Crippen molar-refractivity contribution in [3.8, 4) is 0 Å². The molecule has 0 unspecified atom stereocenters. The third kappa shape index (κ3) is 3.51. The van der Waals surface area contributed by atoms with Gasteiger partial charge in [-0.05, 0) is 48.9 Å². The first-order valence-electron chi connectivity index (χ1n) is 8.63. The molecule has 1 saturated heterocycles. The van der Waals surface area contributed by atoms with Crippen molar-refractivity contribution in [2.45, 2.75) is 18.9 Å². The molecule has 0 spiro atoms. The first-order chi connectivity index (χ1) is 12.1. The maximum Gasteiger partial charge on any atom is 0.199 e. The molecule has 1 atom stereocenters. The molecule has 4 nitrogen and oxygen atoms in total. The van der Waals surface area contributed by atoms with E-state index < -0.39 is 0 Å². The van der Waals surface area contributed by atoms with Crippen LogP contribution in [0.1, 0.15) is 23.8 Å². The second-order valence-corrected chi connectivity index (χ2v) is 7.38. The molecule has 5 heteroatoms. The Hall–Kier alpha value is -2.04. The molecular weight excluding hydrogens is 334 g/mol. The zero-order valence-corrected chi connectivity index (χ0v) is 15.3. The minimum atomic E-state index is 0.354. The quantitative estimate of drug-likeness (QED) is 0.688. The molecule has 1 aliphatic rings. The van der Waals surface area contributed by atoms with Gasteiger partial charge in [-0.3, -0.25) is 4.90 Å². The summed E-state index contributed by atoms with van der Waals surface area (Å²) < 4.78 is 5.95. The van der Waals surface area contributed by atoms with Crippen LogP contribution in [0, 0.1) is 0 Å². The number of anilines is 1. The number of hydrogen-bond acceptors (Lipinski definition) is 4. The van der Waals surface area contributed by atoms with E-state index in [1.165, 1.54) is 11.3 Å². The lowest BCUT2D eigenvalue weighted by atomic mass is 10.1. The molecule has 0 amide bonds. The highest BCUT2D eigenvalue weighted by Crippen LogP contribution is 2.31. The van der Waals surface area contributed by atoms with E-state index in [0.29, 0.717) is 10.9 Å². The molecule has 1 aliphatic heterocycles. The van der Waals surface area contributed by atoms with Crippen molar-refractivity contribution in [3.05, 3.63) is 58.9 Å². The summed E-state index contributed by atoms with van der Waals surface area (Å²) >= 11 is 6.04. The van der Waals surface area contributed by atoms with Crippen LogP contribution in [0.5, 0.6) is 0 Å². The number of hydrogen-bond donors (Lipinski definition) is 0. The maximum atomic E-state index is 6.04. The molecule has 4 rings (SSSR count). The molecular formula is C20H22ClN3O. The highest BCUT2D eigenvalue weighted by Gasteiger charge is 2.27. The Balaban J connectivity index is 1.43. The van der Waals surface area contributed by atoms with Crippen molar-refractivity contribution in [3.63, 3.8) is 0 Å². The third-order valence-corrected chi connectivity index (χ3v) is 5.08. The van der Waals surface area contributed by atoms with Gasteiger partial charge in [0.1, 0.15) is 5.52 Å². The Labute approximate surface area is 153 Å². The summed E-state index contributed by atoms with van der Waals surface area (Å²) in [5.41, 5.74) is 4.24. The Morgan fingerprint density at radius 3 is 2.76 bits per heavy atom. The van der Waals surface area contributed by atoms with Gasteiger partial charge in [-0.15, -0.1) is 0 Å². The fraction of sp³-hybridized carbons (Fsp3) is 0.350. The average molecular weight is 356 g/mol. The van der Waals surface area contributed by atoms with Crippen LogP contribution >= 0.6 is 11.6 Å². The summed E-state index contributed by atoms with van der Waals surface area (Å²) in [6.07, 6.45) is 1.08. The Morgan fingerprint density at radius 2 is 2.00 bits per heavy atom. The van der Waals surface area contributed by atoms with E-state index in [0.717, 1.165) is 43.0 Å². The van der Waals surface area contributed by atoms with E-state index in [2.05, 4.69) is 53.1 Å². The number of fused-ring (bicyclic) bond motifs is 1. The summed E-state index contributed by atoms with van der Waals surface area (Å²) in [7, 11) is 4.13. The number of rotatable bonds is 4. The molecule has 0 N–H and O–H groups in total. The first kappa shape index (κ1) is 16.4. The molecule has 25 heavy (non-hydrogen) atoms. The van der Waals surface area contributed by atoms with E-state index in [1.54, 1.807) is 0 Å². The second kappa shape index (κ2) is 6.70. The number of aromatic nitrogens is 1. The van der Waals surface area contributed by atoms with Crippen LogP contribution in [0.3, 0.4) is 0 Å². The highest BCUT2D eigenvalue weighted by molar-refractivity contribution is 6.31. The summed E-state index contributed by atoms with van der Waals surface area (Å²) in [6, 6.07) is 14.4. The first-order valence-corrected chi connectivity index (χ1v) is 9.01. The zero-order valence-electron chi connectivity index (χ0n) is 14.6. The van der Waals surface area contributed by atoms with E-state index in [4.69, 9.17) is 16.0 Å². The predicted molar refractivity (Wildman–Crippen MR) is 102 cm³/mol. The van der Waals surface area contributed by atoms with E-state index in [-0.39, 0.29) is 0 Å². The standard InChI is InChI=1S/C20H22ClN3O/c1-23(2)17-6-3-14(4-7-17)12-24-10-9-15(13-24)20-22-18-11-16(21)5-8-19(18)25-20/h3-8,11,15H,9-10,12-13H2,1-2H3/t15-/m0/s1. The topological polar surface area (TPSA) is 32.5 Å². The van der Waals surface area contributed by atoms with Crippen LogP contribution < -0.4 is 4.90 Å².